The van der Waals surface area contributed by atoms with Crippen LogP contribution in [0.3, 0.4) is 0 Å². The van der Waals surface area contributed by atoms with Crippen molar-refractivity contribution in [3.05, 3.63) is 58.8 Å². The second-order valence-corrected chi connectivity index (χ2v) is 6.38. The number of pyridine rings is 1. The van der Waals surface area contributed by atoms with Crippen LogP contribution >= 0.6 is 0 Å². The molecule has 0 aromatic carbocycles. The second kappa shape index (κ2) is 7.21. The van der Waals surface area contributed by atoms with E-state index in [1.54, 1.807) is 29.8 Å². The molecule has 3 heterocycles. The number of ether oxygens (including phenoxy) is 1. The van der Waals surface area contributed by atoms with Crippen molar-refractivity contribution in [2.24, 2.45) is 0 Å². The Morgan fingerprint density at radius 2 is 2.08 bits per heavy atom. The molecule has 3 rings (SSSR count). The lowest BCUT2D eigenvalue weighted by Gasteiger charge is -2.27. The summed E-state index contributed by atoms with van der Waals surface area (Å²) in [5, 5.41) is 4.50. The topological polar surface area (TPSA) is 72.6 Å². The molecule has 0 fully saturated rings. The molecular formula is C19H23N5O2. The van der Waals surface area contributed by atoms with Crippen molar-refractivity contribution < 1.29 is 9.53 Å². The first-order valence-corrected chi connectivity index (χ1v) is 8.44. The third-order valence-electron chi connectivity index (χ3n) is 4.43. The first kappa shape index (κ1) is 18.0. The summed E-state index contributed by atoms with van der Waals surface area (Å²) in [6.45, 7) is 6.04. The van der Waals surface area contributed by atoms with Gasteiger partial charge < -0.3 is 9.64 Å². The number of aryl methyl sites for hydroxylation is 3. The zero-order chi connectivity index (χ0) is 18.8. The fourth-order valence-corrected chi connectivity index (χ4v) is 3.12. The quantitative estimate of drug-likeness (QED) is 0.705. The van der Waals surface area contributed by atoms with E-state index in [1.807, 2.05) is 45.0 Å². The Balaban J connectivity index is 2.05. The van der Waals surface area contributed by atoms with E-state index in [2.05, 4.69) is 15.1 Å². The monoisotopic (exact) mass is 353 g/mol. The Bertz CT molecular complexity index is 936. The van der Waals surface area contributed by atoms with Gasteiger partial charge in [-0.3, -0.25) is 9.78 Å². The van der Waals surface area contributed by atoms with E-state index in [-0.39, 0.29) is 11.9 Å². The molecule has 0 spiro atoms. The van der Waals surface area contributed by atoms with Crippen LogP contribution in [-0.4, -0.2) is 51.2 Å². The molecule has 3 aromatic heterocycles. The van der Waals surface area contributed by atoms with Gasteiger partial charge in [-0.05, 0) is 39.0 Å². The van der Waals surface area contributed by atoms with Crippen molar-refractivity contribution in [2.75, 3.05) is 20.8 Å². The third kappa shape index (κ3) is 3.17. The van der Waals surface area contributed by atoms with E-state index in [1.165, 1.54) is 0 Å². The van der Waals surface area contributed by atoms with Gasteiger partial charge in [-0.25, -0.2) is 9.50 Å². The summed E-state index contributed by atoms with van der Waals surface area (Å²) in [5.74, 6) is -0.150. The number of carbonyl (C=O) groups is 1. The van der Waals surface area contributed by atoms with Crippen molar-refractivity contribution in [3.8, 4) is 0 Å². The Morgan fingerprint density at radius 1 is 1.31 bits per heavy atom. The van der Waals surface area contributed by atoms with Crippen LogP contribution in [0.1, 0.15) is 39.2 Å². The van der Waals surface area contributed by atoms with Crippen molar-refractivity contribution in [1.29, 1.82) is 0 Å². The molecule has 0 saturated carbocycles. The molecule has 7 nitrogen and oxygen atoms in total. The number of rotatable bonds is 5. The van der Waals surface area contributed by atoms with Crippen LogP contribution in [0.4, 0.5) is 0 Å². The smallest absolute Gasteiger partial charge is 0.260 e. The van der Waals surface area contributed by atoms with Gasteiger partial charge in [0.15, 0.2) is 5.65 Å². The first-order chi connectivity index (χ1) is 12.4. The SMILES string of the molecule is COC[C@@H](c1ccccn1)N(C)C(=O)c1c(C)nn2c(C)cc(C)nc12. The number of methoxy groups -OCH3 is 1. The van der Waals surface area contributed by atoms with E-state index in [0.29, 0.717) is 23.5 Å². The lowest BCUT2D eigenvalue weighted by Crippen LogP contribution is -2.34. The molecule has 0 N–H and O–H groups in total. The molecule has 0 aliphatic rings. The van der Waals surface area contributed by atoms with Crippen LogP contribution in [0.25, 0.3) is 5.65 Å². The van der Waals surface area contributed by atoms with Gasteiger partial charge >= 0.3 is 0 Å². The summed E-state index contributed by atoms with van der Waals surface area (Å²) in [6, 6.07) is 7.29. The molecule has 7 heteroatoms. The first-order valence-electron chi connectivity index (χ1n) is 8.44. The zero-order valence-electron chi connectivity index (χ0n) is 15.7. The average Bonchev–Trinajstić information content (AvgIpc) is 2.95. The minimum atomic E-state index is -0.297. The minimum Gasteiger partial charge on any atom is -0.382 e. The molecule has 0 bridgehead atoms. The maximum Gasteiger partial charge on any atom is 0.260 e. The summed E-state index contributed by atoms with van der Waals surface area (Å²) in [7, 11) is 3.37. The highest BCUT2D eigenvalue weighted by atomic mass is 16.5. The van der Waals surface area contributed by atoms with Crippen LogP contribution in [0, 0.1) is 20.8 Å². The normalized spacial score (nSPS) is 12.3. The molecule has 0 aliphatic carbocycles. The van der Waals surface area contributed by atoms with Crippen LogP contribution in [0.15, 0.2) is 30.5 Å². The lowest BCUT2D eigenvalue weighted by atomic mass is 10.1. The van der Waals surface area contributed by atoms with E-state index in [9.17, 15) is 4.79 Å². The number of carbonyl (C=O) groups excluding carboxylic acids is 1. The summed E-state index contributed by atoms with van der Waals surface area (Å²) in [6.07, 6.45) is 1.71. The molecule has 1 atom stereocenters. The molecule has 0 saturated heterocycles. The third-order valence-corrected chi connectivity index (χ3v) is 4.43. The summed E-state index contributed by atoms with van der Waals surface area (Å²) in [4.78, 5) is 23.9. The largest absolute Gasteiger partial charge is 0.382 e. The number of likely N-dealkylation sites (N-methyl/N-ethyl adjacent to an activating group) is 1. The Kier molecular flexibility index (Phi) is 4.99. The van der Waals surface area contributed by atoms with E-state index in [0.717, 1.165) is 17.1 Å². The Hall–Kier alpha value is -2.80. The van der Waals surface area contributed by atoms with Gasteiger partial charge in [-0.15, -0.1) is 0 Å². The zero-order valence-corrected chi connectivity index (χ0v) is 15.7. The highest BCUT2D eigenvalue weighted by molar-refractivity contribution is 6.01. The predicted molar refractivity (Wildman–Crippen MR) is 98.1 cm³/mol. The van der Waals surface area contributed by atoms with Crippen LogP contribution in [0.5, 0.6) is 0 Å². The van der Waals surface area contributed by atoms with Gasteiger partial charge in [0, 0.05) is 31.7 Å². The Morgan fingerprint density at radius 3 is 2.73 bits per heavy atom. The standard InChI is InChI=1S/C19H23N5O2/c1-12-10-13(2)24-18(21-12)17(14(3)22-24)19(25)23(4)16(11-26-5)15-8-6-7-9-20-15/h6-10,16H,11H2,1-5H3/t16-/m0/s1. The number of hydrogen-bond donors (Lipinski definition) is 0. The molecular weight excluding hydrogens is 330 g/mol. The highest BCUT2D eigenvalue weighted by Gasteiger charge is 2.28. The van der Waals surface area contributed by atoms with E-state index in [4.69, 9.17) is 4.74 Å². The minimum absolute atomic E-state index is 0.150. The Labute approximate surface area is 152 Å². The fraction of sp³-hybridized carbons (Fsp3) is 0.368. The molecule has 1 amide bonds. The lowest BCUT2D eigenvalue weighted by molar-refractivity contribution is 0.0596. The maximum atomic E-state index is 13.3. The summed E-state index contributed by atoms with van der Waals surface area (Å²) >= 11 is 0. The average molecular weight is 353 g/mol. The van der Waals surface area contributed by atoms with Gasteiger partial charge in [0.1, 0.15) is 5.56 Å². The van der Waals surface area contributed by atoms with Gasteiger partial charge in [-0.1, -0.05) is 6.07 Å². The predicted octanol–water partition coefficient (Wildman–Crippen LogP) is 2.51. The molecule has 0 radical (unpaired) electrons. The van der Waals surface area contributed by atoms with Crippen LogP contribution in [0.2, 0.25) is 0 Å². The number of aromatic nitrogens is 4. The summed E-state index contributed by atoms with van der Waals surface area (Å²) in [5.41, 5.74) is 4.31. The molecule has 3 aromatic rings. The van der Waals surface area contributed by atoms with Crippen LogP contribution in [-0.2, 0) is 4.74 Å². The maximum absolute atomic E-state index is 13.3. The molecule has 26 heavy (non-hydrogen) atoms. The van der Waals surface area contributed by atoms with Gasteiger partial charge in [0.05, 0.1) is 24.0 Å². The van der Waals surface area contributed by atoms with Crippen molar-refractivity contribution in [2.45, 2.75) is 26.8 Å². The highest BCUT2D eigenvalue weighted by Crippen LogP contribution is 2.23. The second-order valence-electron chi connectivity index (χ2n) is 6.38. The van der Waals surface area contributed by atoms with E-state index >= 15 is 0 Å². The van der Waals surface area contributed by atoms with Crippen molar-refractivity contribution in [1.82, 2.24) is 24.5 Å². The van der Waals surface area contributed by atoms with Crippen molar-refractivity contribution in [3.63, 3.8) is 0 Å². The fourth-order valence-electron chi connectivity index (χ4n) is 3.12. The number of hydrogen-bond acceptors (Lipinski definition) is 5. The number of nitrogens with zero attached hydrogens (tertiary/aromatic N) is 5. The van der Waals surface area contributed by atoms with Gasteiger partial charge in [-0.2, -0.15) is 5.10 Å². The van der Waals surface area contributed by atoms with Gasteiger partial charge in [0.25, 0.3) is 5.91 Å². The molecule has 136 valence electrons. The molecule has 0 unspecified atom stereocenters. The molecule has 0 aliphatic heterocycles. The van der Waals surface area contributed by atoms with Crippen molar-refractivity contribution >= 4 is 11.6 Å². The van der Waals surface area contributed by atoms with E-state index < -0.39 is 0 Å². The van der Waals surface area contributed by atoms with Gasteiger partial charge in [0.2, 0.25) is 0 Å². The summed E-state index contributed by atoms with van der Waals surface area (Å²) < 4.78 is 7.05. The number of fused-ring (bicyclic) bond motifs is 1. The van der Waals surface area contributed by atoms with Crippen LogP contribution < -0.4 is 0 Å². The number of amides is 1.